The standard InChI is InChI=1S/C30H34BrN5O4/c1-33(2)12-5-8-29(38)36-16-22(17-36)32-28(37)19-35-18-25(24-14-21(31)9-10-26(24)35)30(39)34-13-11-23-20(15-34)6-4-7-27(23)40-3/h4-10,14,18,22H,11-13,15-17,19H2,1-3H3,(H,32,37)/b8-5+. The molecule has 9 nitrogen and oxygen atoms in total. The van der Waals surface area contributed by atoms with Crippen molar-refractivity contribution in [1.29, 1.82) is 0 Å². The van der Waals surface area contributed by atoms with Crippen LogP contribution in [0.1, 0.15) is 21.5 Å². The zero-order valence-electron chi connectivity index (χ0n) is 23.0. The summed E-state index contributed by atoms with van der Waals surface area (Å²) in [4.78, 5) is 44.5. The third kappa shape index (κ3) is 5.93. The lowest BCUT2D eigenvalue weighted by molar-refractivity contribution is -0.133. The molecule has 0 radical (unpaired) electrons. The molecule has 10 heteroatoms. The SMILES string of the molecule is COc1cccc2c1CCN(C(=O)c1cn(CC(=O)NC3CN(C(=O)/C=C/CN(C)C)C3)c3ccc(Br)cc13)C2. The van der Waals surface area contributed by atoms with Crippen LogP contribution in [0, 0.1) is 0 Å². The molecule has 0 aliphatic carbocycles. The number of amides is 3. The van der Waals surface area contributed by atoms with Crippen LogP contribution in [0.25, 0.3) is 10.9 Å². The lowest BCUT2D eigenvalue weighted by Crippen LogP contribution is -2.61. The summed E-state index contributed by atoms with van der Waals surface area (Å²) in [6, 6.07) is 11.6. The molecule has 0 unspecified atom stereocenters. The van der Waals surface area contributed by atoms with Crippen LogP contribution < -0.4 is 10.1 Å². The van der Waals surface area contributed by atoms with E-state index in [4.69, 9.17) is 4.74 Å². The summed E-state index contributed by atoms with van der Waals surface area (Å²) in [7, 11) is 5.56. The van der Waals surface area contributed by atoms with Crippen LogP contribution in [0.5, 0.6) is 5.75 Å². The average molecular weight is 609 g/mol. The Bertz CT molecular complexity index is 1470. The third-order valence-corrected chi connectivity index (χ3v) is 7.90. The molecule has 40 heavy (non-hydrogen) atoms. The zero-order chi connectivity index (χ0) is 28.4. The lowest BCUT2D eigenvalue weighted by Gasteiger charge is -2.39. The molecule has 0 bridgehead atoms. The quantitative estimate of drug-likeness (QED) is 0.398. The Morgan fingerprint density at radius 2 is 1.95 bits per heavy atom. The van der Waals surface area contributed by atoms with Gasteiger partial charge in [0.2, 0.25) is 11.8 Å². The number of rotatable bonds is 8. The number of likely N-dealkylation sites (N-methyl/N-ethyl adjacent to an activating group) is 1. The molecule has 1 aromatic heterocycles. The minimum Gasteiger partial charge on any atom is -0.496 e. The maximum atomic E-state index is 13.8. The molecule has 210 valence electrons. The first-order valence-electron chi connectivity index (χ1n) is 13.4. The van der Waals surface area contributed by atoms with E-state index in [9.17, 15) is 14.4 Å². The topological polar surface area (TPSA) is 87.1 Å². The van der Waals surface area contributed by atoms with Gasteiger partial charge < -0.3 is 29.3 Å². The molecular weight excluding hydrogens is 574 g/mol. The molecule has 3 aromatic rings. The Balaban J connectivity index is 1.26. The third-order valence-electron chi connectivity index (χ3n) is 7.41. The van der Waals surface area contributed by atoms with E-state index in [1.54, 1.807) is 24.3 Å². The molecule has 3 amide bonds. The summed E-state index contributed by atoms with van der Waals surface area (Å²) in [6.45, 7) is 2.86. The van der Waals surface area contributed by atoms with E-state index < -0.39 is 0 Å². The van der Waals surface area contributed by atoms with Gasteiger partial charge in [-0.1, -0.05) is 34.1 Å². The first-order chi connectivity index (χ1) is 19.2. The van der Waals surface area contributed by atoms with Crippen molar-refractivity contribution >= 4 is 44.6 Å². The minimum atomic E-state index is -0.155. The highest BCUT2D eigenvalue weighted by atomic mass is 79.9. The highest BCUT2D eigenvalue weighted by molar-refractivity contribution is 9.10. The highest BCUT2D eigenvalue weighted by Crippen LogP contribution is 2.31. The number of likely N-dealkylation sites (tertiary alicyclic amines) is 1. The maximum Gasteiger partial charge on any atom is 0.256 e. The Morgan fingerprint density at radius 3 is 2.70 bits per heavy atom. The Hall–Kier alpha value is -3.63. The van der Waals surface area contributed by atoms with Crippen LogP contribution in [0.3, 0.4) is 0 Å². The normalized spacial score (nSPS) is 15.4. The van der Waals surface area contributed by atoms with E-state index in [2.05, 4.69) is 21.2 Å². The van der Waals surface area contributed by atoms with Crippen molar-refractivity contribution in [2.75, 3.05) is 47.4 Å². The van der Waals surface area contributed by atoms with Gasteiger partial charge in [-0.2, -0.15) is 0 Å². The van der Waals surface area contributed by atoms with Crippen LogP contribution in [-0.2, 0) is 29.1 Å². The van der Waals surface area contributed by atoms with Crippen LogP contribution in [-0.4, -0.2) is 90.4 Å². The number of hydrogen-bond acceptors (Lipinski definition) is 5. The number of carbonyl (C=O) groups is 3. The van der Waals surface area contributed by atoms with E-state index in [1.807, 2.05) is 70.9 Å². The fraction of sp³-hybridized carbons (Fsp3) is 0.367. The molecule has 2 aliphatic heterocycles. The molecule has 1 saturated heterocycles. The summed E-state index contributed by atoms with van der Waals surface area (Å²) in [5.74, 6) is 0.594. The summed E-state index contributed by atoms with van der Waals surface area (Å²) < 4.78 is 8.21. The van der Waals surface area contributed by atoms with Crippen molar-refractivity contribution in [2.45, 2.75) is 25.6 Å². The molecule has 0 atom stereocenters. The van der Waals surface area contributed by atoms with Crippen molar-refractivity contribution in [1.82, 2.24) is 24.6 Å². The minimum absolute atomic E-state index is 0.0451. The fourth-order valence-electron chi connectivity index (χ4n) is 5.33. The molecule has 0 saturated carbocycles. The predicted molar refractivity (Wildman–Crippen MR) is 157 cm³/mol. The molecule has 5 rings (SSSR count). The Morgan fingerprint density at radius 1 is 1.15 bits per heavy atom. The van der Waals surface area contributed by atoms with Gasteiger partial charge in [-0.05, 0) is 50.3 Å². The Kier molecular flexibility index (Phi) is 8.27. The number of nitrogens with one attached hydrogen (secondary N) is 1. The second-order valence-electron chi connectivity index (χ2n) is 10.6. The average Bonchev–Trinajstić information content (AvgIpc) is 3.25. The van der Waals surface area contributed by atoms with E-state index in [0.29, 0.717) is 38.3 Å². The van der Waals surface area contributed by atoms with Crippen molar-refractivity contribution in [2.24, 2.45) is 0 Å². The van der Waals surface area contributed by atoms with Crippen LogP contribution in [0.15, 0.2) is 59.2 Å². The molecule has 1 fully saturated rings. The monoisotopic (exact) mass is 607 g/mol. The van der Waals surface area contributed by atoms with E-state index >= 15 is 0 Å². The molecule has 0 spiro atoms. The van der Waals surface area contributed by atoms with E-state index in [1.165, 1.54) is 0 Å². The van der Waals surface area contributed by atoms with Crippen LogP contribution >= 0.6 is 15.9 Å². The van der Waals surface area contributed by atoms with Gasteiger partial charge in [0, 0.05) is 65.9 Å². The van der Waals surface area contributed by atoms with Crippen molar-refractivity contribution in [3.8, 4) is 5.75 Å². The number of nitrogens with zero attached hydrogens (tertiary/aromatic N) is 4. The Labute approximate surface area is 242 Å². The molecular formula is C30H34BrN5O4. The van der Waals surface area contributed by atoms with Gasteiger partial charge in [0.1, 0.15) is 12.3 Å². The second kappa shape index (κ2) is 11.9. The van der Waals surface area contributed by atoms with Crippen molar-refractivity contribution in [3.05, 3.63) is 75.9 Å². The van der Waals surface area contributed by atoms with Crippen LogP contribution in [0.4, 0.5) is 0 Å². The van der Waals surface area contributed by atoms with Gasteiger partial charge >= 0.3 is 0 Å². The molecule has 1 N–H and O–H groups in total. The highest BCUT2D eigenvalue weighted by Gasteiger charge is 2.31. The summed E-state index contributed by atoms with van der Waals surface area (Å²) in [5.41, 5.74) is 3.62. The van der Waals surface area contributed by atoms with Gasteiger partial charge in [0.05, 0.1) is 18.7 Å². The maximum absolute atomic E-state index is 13.8. The van der Waals surface area contributed by atoms with Crippen molar-refractivity contribution < 1.29 is 19.1 Å². The van der Waals surface area contributed by atoms with Gasteiger partial charge in [-0.3, -0.25) is 14.4 Å². The number of methoxy groups -OCH3 is 1. The van der Waals surface area contributed by atoms with Crippen molar-refractivity contribution in [3.63, 3.8) is 0 Å². The van der Waals surface area contributed by atoms with E-state index in [0.717, 1.165) is 38.7 Å². The van der Waals surface area contributed by atoms with Gasteiger partial charge in [0.15, 0.2) is 0 Å². The molecule has 2 aromatic carbocycles. The first-order valence-corrected chi connectivity index (χ1v) is 14.1. The first kappa shape index (κ1) is 27.9. The van der Waals surface area contributed by atoms with Crippen LogP contribution in [0.2, 0.25) is 0 Å². The number of halogens is 1. The van der Waals surface area contributed by atoms with E-state index in [-0.39, 0.29) is 30.3 Å². The predicted octanol–water partition coefficient (Wildman–Crippen LogP) is 3.06. The largest absolute Gasteiger partial charge is 0.496 e. The number of benzene rings is 2. The number of hydrogen-bond donors (Lipinski definition) is 1. The van der Waals surface area contributed by atoms with Gasteiger partial charge in [-0.25, -0.2) is 0 Å². The number of fused-ring (bicyclic) bond motifs is 2. The molecule has 2 aliphatic rings. The number of ether oxygens (including phenoxy) is 1. The summed E-state index contributed by atoms with van der Waals surface area (Å²) in [5, 5.41) is 3.82. The smallest absolute Gasteiger partial charge is 0.256 e. The number of carbonyl (C=O) groups excluding carboxylic acids is 3. The zero-order valence-corrected chi connectivity index (χ0v) is 24.6. The van der Waals surface area contributed by atoms with Gasteiger partial charge in [0.25, 0.3) is 5.91 Å². The summed E-state index contributed by atoms with van der Waals surface area (Å²) >= 11 is 3.53. The fourth-order valence-corrected chi connectivity index (χ4v) is 5.69. The van der Waals surface area contributed by atoms with Gasteiger partial charge in [-0.15, -0.1) is 0 Å². The lowest BCUT2D eigenvalue weighted by atomic mass is 9.98. The number of aromatic nitrogens is 1. The summed E-state index contributed by atoms with van der Waals surface area (Å²) in [6.07, 6.45) is 5.93. The second-order valence-corrected chi connectivity index (χ2v) is 11.5. The molecule has 3 heterocycles.